The minimum atomic E-state index is 0.0842. The first-order chi connectivity index (χ1) is 8.78. The average Bonchev–Trinajstić information content (AvgIpc) is 2.86. The molecule has 0 amide bonds. The molecule has 1 aromatic carbocycles. The Bertz CT molecular complexity index is 454. The molecule has 1 aliphatic carbocycles. The Balaban J connectivity index is 2.19. The molecule has 0 saturated heterocycles. The predicted molar refractivity (Wildman–Crippen MR) is 69.9 cm³/mol. The van der Waals surface area contributed by atoms with E-state index in [4.69, 9.17) is 14.7 Å². The molecule has 1 fully saturated rings. The maximum Gasteiger partial charge on any atom is 0.142 e. The van der Waals surface area contributed by atoms with Gasteiger partial charge in [-0.2, -0.15) is 5.26 Å². The van der Waals surface area contributed by atoms with Gasteiger partial charge in [-0.25, -0.2) is 0 Å². The molecule has 1 aliphatic rings. The quantitative estimate of drug-likeness (QED) is 0.887. The number of ether oxygens (including phenoxy) is 2. The van der Waals surface area contributed by atoms with Crippen molar-refractivity contribution in [2.75, 3.05) is 19.5 Å². The molecule has 0 heterocycles. The summed E-state index contributed by atoms with van der Waals surface area (Å²) in [5.41, 5.74) is 0.893. The molecule has 18 heavy (non-hydrogen) atoms. The van der Waals surface area contributed by atoms with Crippen LogP contribution in [0.5, 0.6) is 11.5 Å². The topological polar surface area (TPSA) is 54.3 Å². The molecule has 2 unspecified atom stereocenters. The van der Waals surface area contributed by atoms with Gasteiger partial charge in [0.1, 0.15) is 11.5 Å². The molecular formula is C14H18N2O2. The van der Waals surface area contributed by atoms with Crippen molar-refractivity contribution >= 4 is 5.69 Å². The van der Waals surface area contributed by atoms with Gasteiger partial charge in [-0.15, -0.1) is 0 Å². The Kier molecular flexibility index (Phi) is 3.93. The van der Waals surface area contributed by atoms with E-state index >= 15 is 0 Å². The number of hydrogen-bond donors (Lipinski definition) is 1. The molecule has 4 heteroatoms. The fourth-order valence-corrected chi connectivity index (χ4v) is 2.41. The third-order valence-electron chi connectivity index (χ3n) is 3.43. The van der Waals surface area contributed by atoms with Crippen molar-refractivity contribution in [3.05, 3.63) is 18.2 Å². The lowest BCUT2D eigenvalue weighted by Gasteiger charge is -2.19. The van der Waals surface area contributed by atoms with Crippen LogP contribution in [0.3, 0.4) is 0 Å². The van der Waals surface area contributed by atoms with Crippen LogP contribution in [0.1, 0.15) is 19.3 Å². The summed E-state index contributed by atoms with van der Waals surface area (Å²) in [6.07, 6.45) is 3.10. The summed E-state index contributed by atoms with van der Waals surface area (Å²) in [5, 5.41) is 12.5. The molecule has 2 atom stereocenters. The van der Waals surface area contributed by atoms with Crippen molar-refractivity contribution in [1.82, 2.24) is 0 Å². The lowest BCUT2D eigenvalue weighted by Crippen LogP contribution is -2.23. The van der Waals surface area contributed by atoms with Crippen molar-refractivity contribution in [2.24, 2.45) is 5.92 Å². The number of benzene rings is 1. The van der Waals surface area contributed by atoms with Gasteiger partial charge in [-0.1, -0.05) is 0 Å². The molecule has 0 aliphatic heterocycles. The maximum atomic E-state index is 9.10. The van der Waals surface area contributed by atoms with Crippen LogP contribution >= 0.6 is 0 Å². The number of anilines is 1. The van der Waals surface area contributed by atoms with Gasteiger partial charge in [0.15, 0.2) is 0 Å². The summed E-state index contributed by atoms with van der Waals surface area (Å²) in [5.74, 6) is 1.64. The molecule has 1 saturated carbocycles. The standard InChI is InChI=1S/C14H18N2O2/c1-17-11-6-7-14(18-2)13(8-11)16-12-5-3-4-10(12)9-15/h6-8,10,12,16H,3-5H2,1-2H3. The van der Waals surface area contributed by atoms with Crippen LogP contribution < -0.4 is 14.8 Å². The Morgan fingerprint density at radius 2 is 2.11 bits per heavy atom. The molecular weight excluding hydrogens is 228 g/mol. The lowest BCUT2D eigenvalue weighted by atomic mass is 10.1. The van der Waals surface area contributed by atoms with Gasteiger partial charge in [0.25, 0.3) is 0 Å². The SMILES string of the molecule is COc1ccc(OC)c(NC2CCCC2C#N)c1. The highest BCUT2D eigenvalue weighted by Gasteiger charge is 2.27. The second-order valence-electron chi connectivity index (χ2n) is 4.48. The third kappa shape index (κ3) is 2.51. The van der Waals surface area contributed by atoms with Gasteiger partial charge >= 0.3 is 0 Å². The first kappa shape index (κ1) is 12.6. The van der Waals surface area contributed by atoms with E-state index < -0.39 is 0 Å². The van der Waals surface area contributed by atoms with Crippen LogP contribution in [0, 0.1) is 17.2 Å². The van der Waals surface area contributed by atoms with Gasteiger partial charge in [-0.05, 0) is 31.4 Å². The zero-order chi connectivity index (χ0) is 13.0. The fourth-order valence-electron chi connectivity index (χ4n) is 2.41. The van der Waals surface area contributed by atoms with Gasteiger partial charge < -0.3 is 14.8 Å². The summed E-state index contributed by atoms with van der Waals surface area (Å²) < 4.78 is 10.5. The Labute approximate surface area is 108 Å². The fraction of sp³-hybridized carbons (Fsp3) is 0.500. The van der Waals surface area contributed by atoms with Crippen LogP contribution in [0.25, 0.3) is 0 Å². The van der Waals surface area contributed by atoms with Crippen LogP contribution in [-0.2, 0) is 0 Å². The first-order valence-corrected chi connectivity index (χ1v) is 6.16. The van der Waals surface area contributed by atoms with Crippen molar-refractivity contribution in [3.63, 3.8) is 0 Å². The number of nitrogens with zero attached hydrogens (tertiary/aromatic N) is 1. The molecule has 4 nitrogen and oxygen atoms in total. The maximum absolute atomic E-state index is 9.10. The average molecular weight is 246 g/mol. The van der Waals surface area contributed by atoms with Gasteiger partial charge in [0.05, 0.1) is 31.9 Å². The molecule has 0 bridgehead atoms. The van der Waals surface area contributed by atoms with Crippen molar-refractivity contribution in [2.45, 2.75) is 25.3 Å². The van der Waals surface area contributed by atoms with Gasteiger partial charge in [0, 0.05) is 12.1 Å². The molecule has 0 aromatic heterocycles. The molecule has 1 aromatic rings. The van der Waals surface area contributed by atoms with Crippen molar-refractivity contribution < 1.29 is 9.47 Å². The highest BCUT2D eigenvalue weighted by atomic mass is 16.5. The van der Waals surface area contributed by atoms with E-state index in [2.05, 4.69) is 11.4 Å². The Morgan fingerprint density at radius 3 is 2.78 bits per heavy atom. The van der Waals surface area contributed by atoms with Crippen molar-refractivity contribution in [1.29, 1.82) is 5.26 Å². The number of rotatable bonds is 4. The van der Waals surface area contributed by atoms with E-state index in [0.29, 0.717) is 0 Å². The zero-order valence-electron chi connectivity index (χ0n) is 10.8. The van der Waals surface area contributed by atoms with Crippen LogP contribution in [0.2, 0.25) is 0 Å². The van der Waals surface area contributed by atoms with Crippen LogP contribution in [0.15, 0.2) is 18.2 Å². The summed E-state index contributed by atoms with van der Waals surface area (Å²) in [6.45, 7) is 0. The van der Waals surface area contributed by atoms with E-state index in [1.807, 2.05) is 18.2 Å². The number of nitriles is 1. The minimum absolute atomic E-state index is 0.0842. The number of nitrogens with one attached hydrogen (secondary N) is 1. The molecule has 0 radical (unpaired) electrons. The Hall–Kier alpha value is -1.89. The van der Waals surface area contributed by atoms with Gasteiger partial charge in [0.2, 0.25) is 0 Å². The van der Waals surface area contributed by atoms with E-state index in [9.17, 15) is 0 Å². The molecule has 96 valence electrons. The lowest BCUT2D eigenvalue weighted by molar-refractivity contribution is 0.404. The van der Waals surface area contributed by atoms with Crippen LogP contribution in [0.4, 0.5) is 5.69 Å². The summed E-state index contributed by atoms with van der Waals surface area (Å²) in [4.78, 5) is 0. The summed E-state index contributed by atoms with van der Waals surface area (Å²) in [6, 6.07) is 8.21. The molecule has 1 N–H and O–H groups in total. The number of methoxy groups -OCH3 is 2. The molecule has 0 spiro atoms. The number of hydrogen-bond acceptors (Lipinski definition) is 4. The predicted octanol–water partition coefficient (Wildman–Crippen LogP) is 2.81. The second-order valence-corrected chi connectivity index (χ2v) is 4.48. The van der Waals surface area contributed by atoms with E-state index in [1.165, 1.54) is 0 Å². The smallest absolute Gasteiger partial charge is 0.142 e. The third-order valence-corrected chi connectivity index (χ3v) is 3.43. The summed E-state index contributed by atoms with van der Waals surface area (Å²) >= 11 is 0. The summed E-state index contributed by atoms with van der Waals surface area (Å²) in [7, 11) is 3.28. The van der Waals surface area contributed by atoms with E-state index in [1.54, 1.807) is 14.2 Å². The minimum Gasteiger partial charge on any atom is -0.497 e. The van der Waals surface area contributed by atoms with Gasteiger partial charge in [-0.3, -0.25) is 0 Å². The first-order valence-electron chi connectivity index (χ1n) is 6.16. The monoisotopic (exact) mass is 246 g/mol. The van der Waals surface area contributed by atoms with Crippen LogP contribution in [-0.4, -0.2) is 20.3 Å². The van der Waals surface area contributed by atoms with E-state index in [0.717, 1.165) is 36.4 Å². The van der Waals surface area contributed by atoms with E-state index in [-0.39, 0.29) is 12.0 Å². The normalized spacial score (nSPS) is 22.3. The largest absolute Gasteiger partial charge is 0.497 e. The Morgan fingerprint density at radius 1 is 1.28 bits per heavy atom. The highest BCUT2D eigenvalue weighted by Crippen LogP contribution is 2.34. The molecule has 2 rings (SSSR count). The van der Waals surface area contributed by atoms with Crippen molar-refractivity contribution in [3.8, 4) is 17.6 Å². The second kappa shape index (κ2) is 5.63. The zero-order valence-corrected chi connectivity index (χ0v) is 10.8. The highest BCUT2D eigenvalue weighted by molar-refractivity contribution is 5.60.